The van der Waals surface area contributed by atoms with Crippen molar-refractivity contribution in [2.45, 2.75) is 77.7 Å². The SMILES string of the molecule is CC1CCC(C(=O)CCC2Cc3nc(Cl)nc(N[C@H](C)c4cccc(C(F)F)c4F)c3C2)CCCNC1. The summed E-state index contributed by atoms with van der Waals surface area (Å²) < 4.78 is 41.0. The van der Waals surface area contributed by atoms with Crippen molar-refractivity contribution < 1.29 is 18.0 Å². The van der Waals surface area contributed by atoms with Gasteiger partial charge in [-0.15, -0.1) is 0 Å². The molecule has 1 saturated heterocycles. The number of benzene rings is 1. The standard InChI is InChI=1S/C28H36ClF3N4O/c1-16-8-10-19(5-4-12-33-15-16)24(37)11-9-18-13-22-23(14-18)35-28(29)36-27(22)34-17(2)20-6-3-7-21(25(20)30)26(31)32/h3,6-7,16-19,26,33H,4-5,8-15H2,1-2H3,(H,34,35,36)/t16?,17-,18?,19?/m1/s1. The van der Waals surface area contributed by atoms with Gasteiger partial charge in [0.05, 0.1) is 17.3 Å². The first-order valence-electron chi connectivity index (χ1n) is 13.3. The van der Waals surface area contributed by atoms with Gasteiger partial charge in [0.25, 0.3) is 6.43 Å². The van der Waals surface area contributed by atoms with Crippen LogP contribution in [0.4, 0.5) is 19.0 Å². The minimum atomic E-state index is -2.89. The molecule has 2 aromatic rings. The molecule has 1 aromatic heterocycles. The molecule has 4 rings (SSSR count). The van der Waals surface area contributed by atoms with Crippen LogP contribution in [-0.4, -0.2) is 28.8 Å². The van der Waals surface area contributed by atoms with E-state index in [1.165, 1.54) is 12.1 Å². The Hall–Kier alpha value is -2.19. The number of Topliss-reactive ketones (excluding diaryl/α,β-unsaturated/α-hetero) is 1. The fourth-order valence-corrected chi connectivity index (χ4v) is 5.81. The van der Waals surface area contributed by atoms with Gasteiger partial charge in [0, 0.05) is 23.5 Å². The highest BCUT2D eigenvalue weighted by molar-refractivity contribution is 6.28. The third-order valence-electron chi connectivity index (χ3n) is 7.81. The number of hydrogen-bond donors (Lipinski definition) is 2. The Balaban J connectivity index is 1.40. The molecule has 0 radical (unpaired) electrons. The number of aromatic nitrogens is 2. The fourth-order valence-electron chi connectivity index (χ4n) is 5.62. The fraction of sp³-hybridized carbons (Fsp3) is 0.607. The molecule has 5 nitrogen and oxygen atoms in total. The highest BCUT2D eigenvalue weighted by Gasteiger charge is 2.30. The normalized spacial score (nSPS) is 23.2. The van der Waals surface area contributed by atoms with Crippen molar-refractivity contribution in [1.29, 1.82) is 0 Å². The first-order valence-corrected chi connectivity index (χ1v) is 13.7. The molecule has 0 saturated carbocycles. The lowest BCUT2D eigenvalue weighted by Crippen LogP contribution is -2.21. The van der Waals surface area contributed by atoms with Crippen LogP contribution in [0.1, 0.15) is 87.2 Å². The van der Waals surface area contributed by atoms with Crippen LogP contribution in [-0.2, 0) is 17.6 Å². The average Bonchev–Trinajstić information content (AvgIpc) is 3.30. The zero-order chi connectivity index (χ0) is 26.5. The number of nitrogens with one attached hydrogen (secondary N) is 2. The van der Waals surface area contributed by atoms with Crippen LogP contribution in [0.25, 0.3) is 0 Å². The third-order valence-corrected chi connectivity index (χ3v) is 7.98. The van der Waals surface area contributed by atoms with E-state index in [1.807, 2.05) is 0 Å². The summed E-state index contributed by atoms with van der Waals surface area (Å²) in [4.78, 5) is 21.8. The van der Waals surface area contributed by atoms with E-state index in [0.717, 1.165) is 62.5 Å². The summed E-state index contributed by atoms with van der Waals surface area (Å²) in [6.45, 7) is 5.92. The van der Waals surface area contributed by atoms with Crippen molar-refractivity contribution in [2.75, 3.05) is 18.4 Å². The highest BCUT2D eigenvalue weighted by atomic mass is 35.5. The number of anilines is 1. The van der Waals surface area contributed by atoms with Gasteiger partial charge in [-0.25, -0.2) is 23.1 Å². The lowest BCUT2D eigenvalue weighted by molar-refractivity contribution is -0.123. The third kappa shape index (κ3) is 7.02. The number of hydrogen-bond acceptors (Lipinski definition) is 5. The molecule has 1 aliphatic heterocycles. The van der Waals surface area contributed by atoms with Gasteiger partial charge in [-0.1, -0.05) is 25.1 Å². The van der Waals surface area contributed by atoms with Crippen LogP contribution in [0.5, 0.6) is 0 Å². The molecule has 202 valence electrons. The number of carbonyl (C=O) groups is 1. The van der Waals surface area contributed by atoms with E-state index in [-0.39, 0.29) is 22.7 Å². The molecule has 0 spiro atoms. The predicted octanol–water partition coefficient (Wildman–Crippen LogP) is 6.86. The van der Waals surface area contributed by atoms with Crippen molar-refractivity contribution in [1.82, 2.24) is 15.3 Å². The van der Waals surface area contributed by atoms with Crippen LogP contribution in [0.3, 0.4) is 0 Å². The number of rotatable bonds is 8. The molecule has 0 amide bonds. The van der Waals surface area contributed by atoms with Crippen molar-refractivity contribution >= 4 is 23.2 Å². The molecule has 9 heteroatoms. The van der Waals surface area contributed by atoms with Gasteiger partial charge in [0.1, 0.15) is 17.4 Å². The highest BCUT2D eigenvalue weighted by Crippen LogP contribution is 2.36. The smallest absolute Gasteiger partial charge is 0.266 e. The van der Waals surface area contributed by atoms with Gasteiger partial charge < -0.3 is 10.6 Å². The Morgan fingerprint density at radius 3 is 2.76 bits per heavy atom. The molecule has 1 fully saturated rings. The zero-order valence-electron chi connectivity index (χ0n) is 21.5. The van der Waals surface area contributed by atoms with E-state index >= 15 is 0 Å². The molecule has 1 aliphatic carbocycles. The van der Waals surface area contributed by atoms with Gasteiger partial charge in [-0.05, 0) is 88.4 Å². The summed E-state index contributed by atoms with van der Waals surface area (Å²) in [5.74, 6) is 0.906. The lowest BCUT2D eigenvalue weighted by atomic mass is 9.87. The van der Waals surface area contributed by atoms with Gasteiger partial charge in [-0.3, -0.25) is 4.79 Å². The van der Waals surface area contributed by atoms with E-state index in [9.17, 15) is 18.0 Å². The largest absolute Gasteiger partial charge is 0.363 e. The van der Waals surface area contributed by atoms with Crippen molar-refractivity contribution in [3.8, 4) is 0 Å². The van der Waals surface area contributed by atoms with Gasteiger partial charge in [0.15, 0.2) is 0 Å². The van der Waals surface area contributed by atoms with E-state index < -0.39 is 23.8 Å². The number of carbonyl (C=O) groups excluding carboxylic acids is 1. The molecule has 0 bridgehead atoms. The maximum Gasteiger partial charge on any atom is 0.266 e. The topological polar surface area (TPSA) is 66.9 Å². The zero-order valence-corrected chi connectivity index (χ0v) is 22.3. The summed E-state index contributed by atoms with van der Waals surface area (Å²) in [6.07, 6.45) is 3.84. The maximum atomic E-state index is 14.7. The Morgan fingerprint density at radius 1 is 1.19 bits per heavy atom. The molecule has 2 heterocycles. The quantitative estimate of drug-likeness (QED) is 0.361. The summed E-state index contributed by atoms with van der Waals surface area (Å²) >= 11 is 6.19. The van der Waals surface area contributed by atoms with Crippen molar-refractivity contribution in [3.63, 3.8) is 0 Å². The maximum absolute atomic E-state index is 14.7. The van der Waals surface area contributed by atoms with Crippen LogP contribution in [0.15, 0.2) is 18.2 Å². The van der Waals surface area contributed by atoms with Crippen LogP contribution in [0, 0.1) is 23.6 Å². The molecule has 2 N–H and O–H groups in total. The summed E-state index contributed by atoms with van der Waals surface area (Å²) in [7, 11) is 0. The number of fused-ring (bicyclic) bond motifs is 1. The Bertz CT molecular complexity index is 1100. The van der Waals surface area contributed by atoms with Crippen LogP contribution >= 0.6 is 11.6 Å². The predicted molar refractivity (Wildman–Crippen MR) is 140 cm³/mol. The molecule has 3 unspecified atom stereocenters. The minimum absolute atomic E-state index is 0.0836. The first-order chi connectivity index (χ1) is 17.7. The minimum Gasteiger partial charge on any atom is -0.363 e. The lowest BCUT2D eigenvalue weighted by Gasteiger charge is -2.19. The Labute approximate surface area is 222 Å². The van der Waals surface area contributed by atoms with Crippen LogP contribution < -0.4 is 10.6 Å². The molecule has 4 atom stereocenters. The van der Waals surface area contributed by atoms with E-state index in [0.29, 0.717) is 36.8 Å². The molecular formula is C28H36ClF3N4O. The summed E-state index contributed by atoms with van der Waals surface area (Å²) in [5, 5.41) is 6.73. The number of alkyl halides is 2. The van der Waals surface area contributed by atoms with Crippen molar-refractivity contribution in [2.24, 2.45) is 17.8 Å². The van der Waals surface area contributed by atoms with Gasteiger partial charge in [-0.2, -0.15) is 0 Å². The number of nitrogens with zero attached hydrogens (tertiary/aromatic N) is 2. The second-order valence-electron chi connectivity index (χ2n) is 10.7. The molecular weight excluding hydrogens is 501 g/mol. The van der Waals surface area contributed by atoms with Gasteiger partial charge >= 0.3 is 0 Å². The Kier molecular flexibility index (Phi) is 9.46. The average molecular weight is 537 g/mol. The molecule has 1 aromatic carbocycles. The monoisotopic (exact) mass is 536 g/mol. The number of halogens is 4. The van der Waals surface area contributed by atoms with E-state index in [1.54, 1.807) is 6.92 Å². The first kappa shape index (κ1) is 27.8. The summed E-state index contributed by atoms with van der Waals surface area (Å²) in [6, 6.07) is 3.41. The molecule has 37 heavy (non-hydrogen) atoms. The number of ketones is 1. The Morgan fingerprint density at radius 2 is 1.97 bits per heavy atom. The van der Waals surface area contributed by atoms with Gasteiger partial charge in [0.2, 0.25) is 5.28 Å². The van der Waals surface area contributed by atoms with Crippen LogP contribution in [0.2, 0.25) is 5.28 Å². The van der Waals surface area contributed by atoms with E-state index in [2.05, 4.69) is 27.5 Å². The molecule has 2 aliphatic rings. The second-order valence-corrected chi connectivity index (χ2v) is 11.0. The van der Waals surface area contributed by atoms with E-state index in [4.69, 9.17) is 11.6 Å². The van der Waals surface area contributed by atoms with Crippen molar-refractivity contribution in [3.05, 3.63) is 51.7 Å². The summed E-state index contributed by atoms with van der Waals surface area (Å²) in [5.41, 5.74) is 1.26. The second kappa shape index (κ2) is 12.6.